The number of rotatable bonds is 11. The number of nitrogens with one attached hydrogen (secondary N) is 1. The molecule has 1 amide bonds. The van der Waals surface area contributed by atoms with Gasteiger partial charge >= 0.3 is 0 Å². The summed E-state index contributed by atoms with van der Waals surface area (Å²) in [4.78, 5) is 12.3. The zero-order chi connectivity index (χ0) is 23.7. The number of halogens is 2. The zero-order valence-electron chi connectivity index (χ0n) is 18.0. The third kappa shape index (κ3) is 7.89. The topological polar surface area (TPSA) is 97.3 Å². The maximum absolute atomic E-state index is 12.3. The number of hydrogen-bond acceptors (Lipinski definition) is 6. The molecule has 0 aliphatic rings. The van der Waals surface area contributed by atoms with Crippen molar-refractivity contribution in [2.45, 2.75) is 20.3 Å². The monoisotopic (exact) mass is 501 g/mol. The molecular weight excluding hydrogens is 477 g/mol. The number of hydrazone groups is 1. The molecule has 0 saturated heterocycles. The molecule has 11 heteroatoms. The molecule has 2 aromatic carbocycles. The molecule has 2 rings (SSSR count). The second kappa shape index (κ2) is 11.9. The third-order valence-electron chi connectivity index (χ3n) is 3.96. The van der Waals surface area contributed by atoms with E-state index < -0.39 is 22.5 Å². The van der Waals surface area contributed by atoms with Crippen molar-refractivity contribution in [3.63, 3.8) is 0 Å². The van der Waals surface area contributed by atoms with E-state index in [4.69, 9.17) is 32.7 Å². The van der Waals surface area contributed by atoms with Crippen LogP contribution in [0.1, 0.15) is 25.8 Å². The number of anilines is 1. The smallest absolute Gasteiger partial charge is 0.260 e. The van der Waals surface area contributed by atoms with E-state index in [1.54, 1.807) is 18.2 Å². The number of amides is 1. The van der Waals surface area contributed by atoms with Crippen LogP contribution in [0, 0.1) is 0 Å². The lowest BCUT2D eigenvalue weighted by Gasteiger charge is -2.21. The van der Waals surface area contributed by atoms with Crippen molar-refractivity contribution in [3.05, 3.63) is 52.0 Å². The fraction of sp³-hybridized carbons (Fsp3) is 0.333. The predicted molar refractivity (Wildman–Crippen MR) is 128 cm³/mol. The molecule has 0 heterocycles. The van der Waals surface area contributed by atoms with Gasteiger partial charge in [-0.25, -0.2) is 13.8 Å². The number of carbonyl (C=O) groups excluding carboxylic acids is 1. The maximum Gasteiger partial charge on any atom is 0.260 e. The molecule has 0 spiro atoms. The Hall–Kier alpha value is -2.49. The lowest BCUT2D eigenvalue weighted by molar-refractivity contribution is -0.119. The Morgan fingerprint density at radius 1 is 1.09 bits per heavy atom. The van der Waals surface area contributed by atoms with Crippen LogP contribution in [-0.2, 0) is 14.8 Å². The molecule has 32 heavy (non-hydrogen) atoms. The molecule has 0 bridgehead atoms. The van der Waals surface area contributed by atoms with Gasteiger partial charge in [-0.15, -0.1) is 0 Å². The SMILES string of the molecule is CCCOc1ccc(/C=N\NC(=O)CN(c2cc(Cl)cc(Cl)c2)S(C)(=O)=O)cc1OCC. The van der Waals surface area contributed by atoms with Crippen molar-refractivity contribution >= 4 is 51.0 Å². The van der Waals surface area contributed by atoms with E-state index in [9.17, 15) is 13.2 Å². The van der Waals surface area contributed by atoms with E-state index in [0.717, 1.165) is 17.0 Å². The Balaban J connectivity index is 2.10. The van der Waals surface area contributed by atoms with Crippen LogP contribution in [0.5, 0.6) is 11.5 Å². The van der Waals surface area contributed by atoms with E-state index in [1.807, 2.05) is 13.8 Å². The summed E-state index contributed by atoms with van der Waals surface area (Å²) in [6, 6.07) is 9.54. The highest BCUT2D eigenvalue weighted by Crippen LogP contribution is 2.28. The van der Waals surface area contributed by atoms with E-state index >= 15 is 0 Å². The van der Waals surface area contributed by atoms with Gasteiger partial charge < -0.3 is 9.47 Å². The number of hydrogen-bond donors (Lipinski definition) is 1. The van der Waals surface area contributed by atoms with Crippen LogP contribution in [0.25, 0.3) is 0 Å². The molecule has 174 valence electrons. The first-order valence-electron chi connectivity index (χ1n) is 9.79. The van der Waals surface area contributed by atoms with Gasteiger partial charge in [-0.3, -0.25) is 9.10 Å². The molecule has 0 unspecified atom stereocenters. The molecule has 0 radical (unpaired) electrons. The molecule has 0 aliphatic carbocycles. The summed E-state index contributed by atoms with van der Waals surface area (Å²) in [6.07, 6.45) is 3.27. The molecule has 1 N–H and O–H groups in total. The summed E-state index contributed by atoms with van der Waals surface area (Å²) < 4.78 is 36.5. The average molecular weight is 502 g/mol. The minimum Gasteiger partial charge on any atom is -0.490 e. The van der Waals surface area contributed by atoms with Crippen molar-refractivity contribution in [1.82, 2.24) is 5.43 Å². The minimum absolute atomic E-state index is 0.174. The Kier molecular flexibility index (Phi) is 9.61. The molecule has 0 atom stereocenters. The largest absolute Gasteiger partial charge is 0.490 e. The minimum atomic E-state index is -3.78. The van der Waals surface area contributed by atoms with Crippen LogP contribution in [-0.4, -0.2) is 46.6 Å². The Morgan fingerprint density at radius 2 is 1.78 bits per heavy atom. The number of ether oxygens (including phenoxy) is 2. The first-order chi connectivity index (χ1) is 15.1. The first-order valence-corrected chi connectivity index (χ1v) is 12.4. The van der Waals surface area contributed by atoms with Crippen LogP contribution < -0.4 is 19.2 Å². The fourth-order valence-electron chi connectivity index (χ4n) is 2.63. The quantitative estimate of drug-likeness (QED) is 0.369. The van der Waals surface area contributed by atoms with Gasteiger partial charge in [0.25, 0.3) is 5.91 Å². The summed E-state index contributed by atoms with van der Waals surface area (Å²) in [5.41, 5.74) is 3.16. The van der Waals surface area contributed by atoms with Gasteiger partial charge in [-0.05, 0) is 55.3 Å². The van der Waals surface area contributed by atoms with Crippen LogP contribution in [0.2, 0.25) is 10.0 Å². The summed E-state index contributed by atoms with van der Waals surface area (Å²) in [6.45, 7) is 4.41. The lowest BCUT2D eigenvalue weighted by Crippen LogP contribution is -2.39. The third-order valence-corrected chi connectivity index (χ3v) is 5.53. The van der Waals surface area contributed by atoms with Gasteiger partial charge in [0.15, 0.2) is 11.5 Å². The fourth-order valence-corrected chi connectivity index (χ4v) is 3.99. The van der Waals surface area contributed by atoms with Gasteiger partial charge in [0.1, 0.15) is 6.54 Å². The van der Waals surface area contributed by atoms with Gasteiger partial charge in [0.05, 0.1) is 31.4 Å². The molecular formula is C21H25Cl2N3O5S. The van der Waals surface area contributed by atoms with Crippen LogP contribution >= 0.6 is 23.2 Å². The molecule has 0 aromatic heterocycles. The molecule has 0 fully saturated rings. The summed E-state index contributed by atoms with van der Waals surface area (Å²) >= 11 is 11.9. The van der Waals surface area contributed by atoms with Crippen LogP contribution in [0.4, 0.5) is 5.69 Å². The summed E-state index contributed by atoms with van der Waals surface area (Å²) in [7, 11) is -3.78. The molecule has 2 aromatic rings. The molecule has 0 aliphatic heterocycles. The van der Waals surface area contributed by atoms with Crippen molar-refractivity contribution < 1.29 is 22.7 Å². The second-order valence-corrected chi connectivity index (χ2v) is 9.46. The van der Waals surface area contributed by atoms with Gasteiger partial charge in [0, 0.05) is 10.0 Å². The molecule has 0 saturated carbocycles. The highest BCUT2D eigenvalue weighted by atomic mass is 35.5. The first kappa shape index (κ1) is 25.8. The predicted octanol–water partition coefficient (Wildman–Crippen LogP) is 4.10. The number of sulfonamides is 1. The highest BCUT2D eigenvalue weighted by molar-refractivity contribution is 7.92. The van der Waals surface area contributed by atoms with Crippen molar-refractivity contribution in [2.75, 3.05) is 30.3 Å². The summed E-state index contributed by atoms with van der Waals surface area (Å²) in [5.74, 6) is 0.548. The van der Waals surface area contributed by atoms with Crippen LogP contribution in [0.3, 0.4) is 0 Å². The Labute approximate surface area is 198 Å². The van der Waals surface area contributed by atoms with Crippen LogP contribution in [0.15, 0.2) is 41.5 Å². The highest BCUT2D eigenvalue weighted by Gasteiger charge is 2.21. The van der Waals surface area contributed by atoms with E-state index in [2.05, 4.69) is 10.5 Å². The standard InChI is InChI=1S/C21H25Cl2N3O5S/c1-4-8-31-19-7-6-15(9-20(19)30-5-2)13-24-25-21(27)14-26(32(3,28)29)18-11-16(22)10-17(23)12-18/h6-7,9-13H,4-5,8,14H2,1-3H3,(H,25,27)/b24-13-. The van der Waals surface area contributed by atoms with Crippen molar-refractivity contribution in [1.29, 1.82) is 0 Å². The van der Waals surface area contributed by atoms with E-state index in [-0.39, 0.29) is 15.7 Å². The normalized spacial score (nSPS) is 11.4. The zero-order valence-corrected chi connectivity index (χ0v) is 20.3. The number of carbonyl (C=O) groups is 1. The lowest BCUT2D eigenvalue weighted by atomic mass is 10.2. The average Bonchev–Trinajstić information content (AvgIpc) is 2.70. The summed E-state index contributed by atoms with van der Waals surface area (Å²) in [5, 5.41) is 4.40. The van der Waals surface area contributed by atoms with Gasteiger partial charge in [-0.2, -0.15) is 5.10 Å². The molecule has 8 nitrogen and oxygen atoms in total. The van der Waals surface area contributed by atoms with Gasteiger partial charge in [-0.1, -0.05) is 30.1 Å². The van der Waals surface area contributed by atoms with E-state index in [0.29, 0.717) is 30.3 Å². The number of nitrogens with zero attached hydrogens (tertiary/aromatic N) is 2. The Bertz CT molecular complexity index is 1060. The van der Waals surface area contributed by atoms with Crippen molar-refractivity contribution in [3.8, 4) is 11.5 Å². The maximum atomic E-state index is 12.3. The number of benzene rings is 2. The van der Waals surface area contributed by atoms with Gasteiger partial charge in [0.2, 0.25) is 10.0 Å². The van der Waals surface area contributed by atoms with E-state index in [1.165, 1.54) is 24.4 Å². The second-order valence-electron chi connectivity index (χ2n) is 6.68. The Morgan fingerprint density at radius 3 is 2.38 bits per heavy atom. The van der Waals surface area contributed by atoms with Crippen molar-refractivity contribution in [2.24, 2.45) is 5.10 Å².